The smallest absolute Gasteiger partial charge is 0.184 e. The van der Waals surface area contributed by atoms with Crippen LogP contribution in [0.3, 0.4) is 0 Å². The molecular formula is C7H10NO2. The topological polar surface area (TPSA) is 41.2 Å². The summed E-state index contributed by atoms with van der Waals surface area (Å²) in [5, 5.41) is 13.4. The maximum absolute atomic E-state index is 10.6. The van der Waals surface area contributed by atoms with Crippen molar-refractivity contribution in [2.24, 2.45) is 0 Å². The normalized spacial score (nSPS) is 30.2. The monoisotopic (exact) mass is 140 g/mol. The first-order chi connectivity index (χ1) is 4.83. The van der Waals surface area contributed by atoms with Crippen molar-refractivity contribution in [2.75, 3.05) is 13.7 Å². The van der Waals surface area contributed by atoms with Crippen molar-refractivity contribution in [1.29, 1.82) is 0 Å². The molecule has 1 N–H and O–H groups in total. The highest BCUT2D eigenvalue weighted by atomic mass is 16.5. The zero-order valence-electron chi connectivity index (χ0n) is 5.83. The minimum Gasteiger partial charge on any atom is -0.358 e. The number of nitrogens with one attached hydrogen (secondary N) is 1. The molecule has 1 aliphatic heterocycles. The number of methoxy groups -OCH3 is 1. The molecule has 0 spiro atoms. The fourth-order valence-corrected chi connectivity index (χ4v) is 0.780. The van der Waals surface area contributed by atoms with Crippen LogP contribution in [0.25, 0.3) is 0 Å². The summed E-state index contributed by atoms with van der Waals surface area (Å²) in [4.78, 5) is 0. The van der Waals surface area contributed by atoms with Gasteiger partial charge in [-0.25, -0.2) is 5.11 Å². The SMILES string of the molecule is COC1(C[O])C=CC=CN1. The Morgan fingerprint density at radius 3 is 2.70 bits per heavy atom. The fourth-order valence-electron chi connectivity index (χ4n) is 0.780. The van der Waals surface area contributed by atoms with E-state index in [1.54, 1.807) is 18.4 Å². The third-order valence-corrected chi connectivity index (χ3v) is 1.48. The molecule has 0 aromatic rings. The molecule has 0 aromatic heterocycles. The van der Waals surface area contributed by atoms with Gasteiger partial charge < -0.3 is 10.1 Å². The van der Waals surface area contributed by atoms with E-state index in [4.69, 9.17) is 4.74 Å². The Morgan fingerprint density at radius 1 is 1.60 bits per heavy atom. The molecule has 0 fully saturated rings. The first kappa shape index (κ1) is 7.31. The van der Waals surface area contributed by atoms with E-state index >= 15 is 0 Å². The van der Waals surface area contributed by atoms with Gasteiger partial charge in [-0.2, -0.15) is 0 Å². The molecule has 1 atom stereocenters. The lowest BCUT2D eigenvalue weighted by Crippen LogP contribution is -2.46. The number of rotatable bonds is 2. The van der Waals surface area contributed by atoms with Crippen LogP contribution in [0, 0.1) is 0 Å². The van der Waals surface area contributed by atoms with Crippen molar-refractivity contribution in [2.45, 2.75) is 5.72 Å². The van der Waals surface area contributed by atoms with Gasteiger partial charge in [-0.15, -0.1) is 0 Å². The van der Waals surface area contributed by atoms with Crippen molar-refractivity contribution in [3.8, 4) is 0 Å². The average molecular weight is 140 g/mol. The van der Waals surface area contributed by atoms with Crippen LogP contribution in [0.5, 0.6) is 0 Å². The Kier molecular flexibility index (Phi) is 2.09. The molecule has 1 unspecified atom stereocenters. The molecule has 10 heavy (non-hydrogen) atoms. The lowest BCUT2D eigenvalue weighted by Gasteiger charge is -2.27. The van der Waals surface area contributed by atoms with E-state index in [0.717, 1.165) is 0 Å². The second-order valence-corrected chi connectivity index (χ2v) is 2.10. The van der Waals surface area contributed by atoms with Crippen molar-refractivity contribution < 1.29 is 9.84 Å². The summed E-state index contributed by atoms with van der Waals surface area (Å²) >= 11 is 0. The predicted octanol–water partition coefficient (Wildman–Crippen LogP) is 0.433. The molecule has 3 heteroatoms. The van der Waals surface area contributed by atoms with Crippen LogP contribution >= 0.6 is 0 Å². The van der Waals surface area contributed by atoms with Gasteiger partial charge in [0.05, 0.1) is 0 Å². The van der Waals surface area contributed by atoms with Crippen LogP contribution in [0.15, 0.2) is 24.4 Å². The first-order valence-electron chi connectivity index (χ1n) is 3.08. The van der Waals surface area contributed by atoms with Crippen LogP contribution in [0.4, 0.5) is 0 Å². The molecule has 1 rings (SSSR count). The molecule has 1 radical (unpaired) electrons. The van der Waals surface area contributed by atoms with Crippen molar-refractivity contribution in [1.82, 2.24) is 5.32 Å². The maximum atomic E-state index is 10.6. The van der Waals surface area contributed by atoms with Crippen LogP contribution in [0.2, 0.25) is 0 Å². The molecule has 55 valence electrons. The van der Waals surface area contributed by atoms with E-state index in [-0.39, 0.29) is 6.61 Å². The molecular weight excluding hydrogens is 130 g/mol. The standard InChI is InChI=1S/C7H10NO2/c1-10-7(6-9)4-2-3-5-8-7/h2-5,8H,6H2,1H3. The molecule has 1 aliphatic rings. The van der Waals surface area contributed by atoms with Gasteiger partial charge in [0.1, 0.15) is 6.61 Å². The summed E-state index contributed by atoms with van der Waals surface area (Å²) in [7, 11) is 1.51. The van der Waals surface area contributed by atoms with Crippen LogP contribution < -0.4 is 5.32 Å². The number of dihydropyridines is 1. The summed E-state index contributed by atoms with van der Waals surface area (Å²) < 4.78 is 4.97. The minimum atomic E-state index is -0.811. The number of allylic oxidation sites excluding steroid dienone is 2. The highest BCUT2D eigenvalue weighted by Crippen LogP contribution is 2.10. The van der Waals surface area contributed by atoms with Gasteiger partial charge in [-0.05, 0) is 18.4 Å². The largest absolute Gasteiger partial charge is 0.358 e. The molecule has 0 saturated heterocycles. The Labute approximate surface area is 60.0 Å². The summed E-state index contributed by atoms with van der Waals surface area (Å²) in [6.07, 6.45) is 7.01. The zero-order valence-corrected chi connectivity index (χ0v) is 5.83. The fraction of sp³-hybridized carbons (Fsp3) is 0.429. The van der Waals surface area contributed by atoms with Crippen LogP contribution in [0.1, 0.15) is 0 Å². The summed E-state index contributed by atoms with van der Waals surface area (Å²) in [5.74, 6) is 0. The molecule has 0 saturated carbocycles. The second-order valence-electron chi connectivity index (χ2n) is 2.10. The Bertz CT molecular complexity index is 159. The van der Waals surface area contributed by atoms with Crippen molar-refractivity contribution in [3.05, 3.63) is 24.4 Å². The summed E-state index contributed by atoms with van der Waals surface area (Å²) in [6.45, 7) is -0.315. The zero-order chi connectivity index (χ0) is 7.45. The van der Waals surface area contributed by atoms with Gasteiger partial charge in [-0.1, -0.05) is 6.08 Å². The van der Waals surface area contributed by atoms with Gasteiger partial charge >= 0.3 is 0 Å². The summed E-state index contributed by atoms with van der Waals surface area (Å²) in [6, 6.07) is 0. The number of hydrogen-bond donors (Lipinski definition) is 1. The molecule has 0 aliphatic carbocycles. The molecule has 3 nitrogen and oxygen atoms in total. The van der Waals surface area contributed by atoms with E-state index < -0.39 is 5.72 Å². The lowest BCUT2D eigenvalue weighted by molar-refractivity contribution is -0.0516. The second kappa shape index (κ2) is 2.86. The van der Waals surface area contributed by atoms with Gasteiger partial charge in [-0.3, -0.25) is 0 Å². The maximum Gasteiger partial charge on any atom is 0.184 e. The molecule has 0 aromatic carbocycles. The lowest BCUT2D eigenvalue weighted by atomic mass is 10.2. The molecule has 0 amide bonds. The van der Waals surface area contributed by atoms with Gasteiger partial charge in [0.2, 0.25) is 0 Å². The summed E-state index contributed by atoms with van der Waals surface area (Å²) in [5.41, 5.74) is -0.811. The average Bonchev–Trinajstić information content (AvgIpc) is 2.06. The Morgan fingerprint density at radius 2 is 2.40 bits per heavy atom. The Hall–Kier alpha value is -0.800. The minimum absolute atomic E-state index is 0.315. The number of ether oxygens (including phenoxy) is 1. The quantitative estimate of drug-likeness (QED) is 0.604. The van der Waals surface area contributed by atoms with E-state index in [1.807, 2.05) is 6.08 Å². The van der Waals surface area contributed by atoms with Gasteiger partial charge in [0, 0.05) is 7.11 Å². The number of hydrogen-bond acceptors (Lipinski definition) is 2. The van der Waals surface area contributed by atoms with Crippen LogP contribution in [-0.4, -0.2) is 19.4 Å². The van der Waals surface area contributed by atoms with E-state index in [2.05, 4.69) is 5.32 Å². The van der Waals surface area contributed by atoms with Crippen LogP contribution in [-0.2, 0) is 9.84 Å². The van der Waals surface area contributed by atoms with Gasteiger partial charge in [0.15, 0.2) is 5.72 Å². The van der Waals surface area contributed by atoms with Gasteiger partial charge in [0.25, 0.3) is 0 Å². The highest BCUT2D eigenvalue weighted by Gasteiger charge is 2.25. The third-order valence-electron chi connectivity index (χ3n) is 1.48. The first-order valence-corrected chi connectivity index (χ1v) is 3.08. The van der Waals surface area contributed by atoms with E-state index in [1.165, 1.54) is 7.11 Å². The highest BCUT2D eigenvalue weighted by molar-refractivity contribution is 5.15. The van der Waals surface area contributed by atoms with Crippen molar-refractivity contribution in [3.63, 3.8) is 0 Å². The molecule has 0 bridgehead atoms. The molecule has 1 heterocycles. The predicted molar refractivity (Wildman–Crippen MR) is 36.7 cm³/mol. The Balaban J connectivity index is 2.66. The third kappa shape index (κ3) is 1.20. The van der Waals surface area contributed by atoms with E-state index in [0.29, 0.717) is 0 Å². The van der Waals surface area contributed by atoms with E-state index in [9.17, 15) is 5.11 Å². The van der Waals surface area contributed by atoms with Crippen molar-refractivity contribution >= 4 is 0 Å².